The number of nitrogens with one attached hydrogen (secondary N) is 1. The van der Waals surface area contributed by atoms with Crippen LogP contribution in [0.25, 0.3) is 11.1 Å². The molecule has 2 nitrogen and oxygen atoms in total. The van der Waals surface area contributed by atoms with Gasteiger partial charge in [0, 0.05) is 11.6 Å². The van der Waals surface area contributed by atoms with Crippen LogP contribution in [0.15, 0.2) is 36.4 Å². The van der Waals surface area contributed by atoms with E-state index in [2.05, 4.69) is 5.32 Å². The van der Waals surface area contributed by atoms with Crippen LogP contribution in [0.5, 0.6) is 5.75 Å². The van der Waals surface area contributed by atoms with Crippen LogP contribution >= 0.6 is 23.2 Å². The molecule has 2 aromatic rings. The SMILES string of the molecule is CNCc1ccc(Cl)cc1-c1ccc(OC)c(Cl)c1. The number of halogens is 2. The average molecular weight is 296 g/mol. The van der Waals surface area contributed by atoms with E-state index in [0.717, 1.165) is 17.7 Å². The monoisotopic (exact) mass is 295 g/mol. The third kappa shape index (κ3) is 3.21. The van der Waals surface area contributed by atoms with Crippen molar-refractivity contribution < 1.29 is 4.74 Å². The van der Waals surface area contributed by atoms with Gasteiger partial charge in [-0.2, -0.15) is 0 Å². The molecule has 0 saturated heterocycles. The maximum absolute atomic E-state index is 6.18. The van der Waals surface area contributed by atoms with Crippen LogP contribution in [0.1, 0.15) is 5.56 Å². The molecule has 0 radical (unpaired) electrons. The molecule has 1 N–H and O–H groups in total. The summed E-state index contributed by atoms with van der Waals surface area (Å²) in [5, 5.41) is 4.45. The van der Waals surface area contributed by atoms with Gasteiger partial charge in [-0.3, -0.25) is 0 Å². The van der Waals surface area contributed by atoms with Gasteiger partial charge in [-0.05, 0) is 48.0 Å². The summed E-state index contributed by atoms with van der Waals surface area (Å²) in [4.78, 5) is 0. The fourth-order valence-corrected chi connectivity index (χ4v) is 2.43. The second-order valence-electron chi connectivity index (χ2n) is 4.18. The molecule has 0 spiro atoms. The van der Waals surface area contributed by atoms with Crippen molar-refractivity contribution in [3.05, 3.63) is 52.0 Å². The second-order valence-corrected chi connectivity index (χ2v) is 5.02. The third-order valence-corrected chi connectivity index (χ3v) is 3.43. The number of hydrogen-bond acceptors (Lipinski definition) is 2. The van der Waals surface area contributed by atoms with E-state index in [4.69, 9.17) is 27.9 Å². The first-order chi connectivity index (χ1) is 9.15. The smallest absolute Gasteiger partial charge is 0.137 e. The predicted octanol–water partition coefficient (Wildman–Crippen LogP) is 4.39. The standard InChI is InChI=1S/C15H15Cl2NO/c1-18-9-11-3-5-12(16)8-13(11)10-4-6-15(19-2)14(17)7-10/h3-8,18H,9H2,1-2H3. The Morgan fingerprint density at radius 3 is 2.53 bits per heavy atom. The van der Waals surface area contributed by atoms with E-state index in [1.165, 1.54) is 5.56 Å². The van der Waals surface area contributed by atoms with Crippen LogP contribution in [0.2, 0.25) is 10.0 Å². The van der Waals surface area contributed by atoms with E-state index in [-0.39, 0.29) is 0 Å². The molecular weight excluding hydrogens is 281 g/mol. The van der Waals surface area contributed by atoms with Crippen molar-refractivity contribution in [2.75, 3.05) is 14.2 Å². The van der Waals surface area contributed by atoms with Gasteiger partial charge in [0.05, 0.1) is 12.1 Å². The maximum Gasteiger partial charge on any atom is 0.137 e. The van der Waals surface area contributed by atoms with Crippen molar-refractivity contribution in [3.63, 3.8) is 0 Å². The summed E-state index contributed by atoms with van der Waals surface area (Å²) in [5.41, 5.74) is 3.28. The van der Waals surface area contributed by atoms with Gasteiger partial charge in [-0.15, -0.1) is 0 Å². The van der Waals surface area contributed by atoms with Crippen molar-refractivity contribution in [2.24, 2.45) is 0 Å². The summed E-state index contributed by atoms with van der Waals surface area (Å²) in [7, 11) is 3.52. The van der Waals surface area contributed by atoms with Gasteiger partial charge in [0.15, 0.2) is 0 Å². The van der Waals surface area contributed by atoms with E-state index in [1.54, 1.807) is 7.11 Å². The number of hydrogen-bond donors (Lipinski definition) is 1. The zero-order valence-electron chi connectivity index (χ0n) is 10.8. The van der Waals surface area contributed by atoms with Gasteiger partial charge in [0.25, 0.3) is 0 Å². The Labute approximate surface area is 123 Å². The summed E-state index contributed by atoms with van der Waals surface area (Å²) in [5.74, 6) is 0.669. The van der Waals surface area contributed by atoms with Crippen LogP contribution in [0.3, 0.4) is 0 Å². The van der Waals surface area contributed by atoms with E-state index >= 15 is 0 Å². The minimum Gasteiger partial charge on any atom is -0.495 e. The summed E-state index contributed by atoms with van der Waals surface area (Å²) in [6.45, 7) is 0.774. The first kappa shape index (κ1) is 14.2. The molecule has 19 heavy (non-hydrogen) atoms. The van der Waals surface area contributed by atoms with Gasteiger partial charge in [-0.25, -0.2) is 0 Å². The molecule has 0 unspecified atom stereocenters. The van der Waals surface area contributed by atoms with Crippen LogP contribution in [-0.4, -0.2) is 14.2 Å². The Bertz CT molecular complexity index is 584. The largest absolute Gasteiger partial charge is 0.495 e. The van der Waals surface area contributed by atoms with Crippen LogP contribution in [-0.2, 0) is 6.54 Å². The Hall–Kier alpha value is -1.22. The molecule has 0 atom stereocenters. The van der Waals surface area contributed by atoms with Gasteiger partial charge < -0.3 is 10.1 Å². The molecule has 0 aliphatic carbocycles. The number of benzene rings is 2. The third-order valence-electron chi connectivity index (χ3n) is 2.90. The Balaban J connectivity index is 2.51. The van der Waals surface area contributed by atoms with Gasteiger partial charge >= 0.3 is 0 Å². The molecule has 2 aromatic carbocycles. The highest BCUT2D eigenvalue weighted by atomic mass is 35.5. The lowest BCUT2D eigenvalue weighted by atomic mass is 9.99. The lowest BCUT2D eigenvalue weighted by molar-refractivity contribution is 0.415. The van der Waals surface area contributed by atoms with Crippen molar-refractivity contribution >= 4 is 23.2 Å². The molecule has 0 heterocycles. The summed E-state index contributed by atoms with van der Waals surface area (Å²) >= 11 is 12.3. The molecule has 0 aliphatic rings. The predicted molar refractivity (Wildman–Crippen MR) is 81.2 cm³/mol. The summed E-state index contributed by atoms with van der Waals surface area (Å²) in [6.07, 6.45) is 0. The van der Waals surface area contributed by atoms with Crippen LogP contribution < -0.4 is 10.1 Å². The minimum absolute atomic E-state index is 0.593. The van der Waals surface area contributed by atoms with Crippen LogP contribution in [0.4, 0.5) is 0 Å². The van der Waals surface area contributed by atoms with E-state index < -0.39 is 0 Å². The molecule has 2 rings (SSSR count). The quantitative estimate of drug-likeness (QED) is 0.903. The lowest BCUT2D eigenvalue weighted by Gasteiger charge is -2.12. The summed E-state index contributed by atoms with van der Waals surface area (Å²) in [6, 6.07) is 11.6. The minimum atomic E-state index is 0.593. The average Bonchev–Trinajstić information content (AvgIpc) is 2.41. The molecular formula is C15H15Cl2NO. The normalized spacial score (nSPS) is 10.5. The van der Waals surface area contributed by atoms with Crippen molar-refractivity contribution in [2.45, 2.75) is 6.54 Å². The molecule has 4 heteroatoms. The molecule has 0 aromatic heterocycles. The topological polar surface area (TPSA) is 21.3 Å². The Morgan fingerprint density at radius 2 is 1.89 bits per heavy atom. The van der Waals surface area contributed by atoms with Gasteiger partial charge in [0.2, 0.25) is 0 Å². The molecule has 0 fully saturated rings. The highest BCUT2D eigenvalue weighted by molar-refractivity contribution is 6.32. The van der Waals surface area contributed by atoms with Gasteiger partial charge in [0.1, 0.15) is 5.75 Å². The Morgan fingerprint density at radius 1 is 1.11 bits per heavy atom. The highest BCUT2D eigenvalue weighted by Crippen LogP contribution is 2.33. The van der Waals surface area contributed by atoms with Crippen molar-refractivity contribution in [3.8, 4) is 16.9 Å². The molecule has 100 valence electrons. The first-order valence-electron chi connectivity index (χ1n) is 5.92. The van der Waals surface area contributed by atoms with E-state index in [9.17, 15) is 0 Å². The number of methoxy groups -OCH3 is 1. The summed E-state index contributed by atoms with van der Waals surface area (Å²) < 4.78 is 5.17. The zero-order valence-corrected chi connectivity index (χ0v) is 12.3. The Kier molecular flexibility index (Phi) is 4.70. The number of rotatable bonds is 4. The number of ether oxygens (including phenoxy) is 1. The highest BCUT2D eigenvalue weighted by Gasteiger charge is 2.08. The first-order valence-corrected chi connectivity index (χ1v) is 6.68. The zero-order chi connectivity index (χ0) is 13.8. The van der Waals surface area contributed by atoms with Crippen molar-refractivity contribution in [1.29, 1.82) is 0 Å². The fraction of sp³-hybridized carbons (Fsp3) is 0.200. The van der Waals surface area contributed by atoms with Crippen molar-refractivity contribution in [1.82, 2.24) is 5.32 Å². The molecule has 0 saturated carbocycles. The lowest BCUT2D eigenvalue weighted by Crippen LogP contribution is -2.06. The van der Waals surface area contributed by atoms with Crippen LogP contribution in [0, 0.1) is 0 Å². The molecule has 0 amide bonds. The fourth-order valence-electron chi connectivity index (χ4n) is 2.00. The second kappa shape index (κ2) is 6.29. The molecule has 0 aliphatic heterocycles. The molecule has 0 bridgehead atoms. The van der Waals surface area contributed by atoms with E-state index in [0.29, 0.717) is 15.8 Å². The maximum atomic E-state index is 6.18. The van der Waals surface area contributed by atoms with Gasteiger partial charge in [-0.1, -0.05) is 35.3 Å². The van der Waals surface area contributed by atoms with E-state index in [1.807, 2.05) is 43.4 Å².